The monoisotopic (exact) mass is 442 g/mol. The average Bonchev–Trinajstić information content (AvgIpc) is 3.11. The summed E-state index contributed by atoms with van der Waals surface area (Å²) in [4.78, 5) is 40.7. The van der Waals surface area contributed by atoms with E-state index in [2.05, 4.69) is 15.6 Å². The van der Waals surface area contributed by atoms with Gasteiger partial charge in [-0.05, 0) is 45.2 Å². The number of carbonyl (C=O) groups is 3. The summed E-state index contributed by atoms with van der Waals surface area (Å²) in [5, 5.41) is 14.2. The lowest BCUT2D eigenvalue weighted by Crippen LogP contribution is -2.53. The van der Waals surface area contributed by atoms with Crippen molar-refractivity contribution in [1.29, 1.82) is 5.41 Å². The van der Waals surface area contributed by atoms with Crippen molar-refractivity contribution in [3.63, 3.8) is 0 Å². The SMILES string of the molecule is CC(C)N[C@@H](Cc1c[nH]c2ccccc12)C(=O)N[C@@H](CCC(=O)C=N)C(=O)OC(C)(C)C. The Bertz CT molecular complexity index is 958. The molecule has 0 aliphatic heterocycles. The van der Waals surface area contributed by atoms with Gasteiger partial charge in [0.2, 0.25) is 5.91 Å². The zero-order valence-electron chi connectivity index (χ0n) is 19.5. The number of para-hydroxylation sites is 1. The standard InChI is InChI=1S/C24H34N4O4/c1-15(2)27-21(12-16-14-26-19-9-7-6-8-18(16)19)22(30)28-20(11-10-17(29)13-25)23(31)32-24(3,4)5/h6-9,13-15,20-21,25-27H,10-12H2,1-5H3,(H,28,30)/t20-,21-/m0/s1. The van der Waals surface area contributed by atoms with Gasteiger partial charge in [-0.3, -0.25) is 9.59 Å². The number of fused-ring (bicyclic) bond motifs is 1. The van der Waals surface area contributed by atoms with E-state index in [4.69, 9.17) is 10.1 Å². The van der Waals surface area contributed by atoms with Gasteiger partial charge >= 0.3 is 5.97 Å². The maximum absolute atomic E-state index is 13.2. The number of Topliss-reactive ketones (excluding diaryl/α,β-unsaturated/α-hetero) is 1. The fraction of sp³-hybridized carbons (Fsp3) is 0.500. The molecule has 2 aromatic rings. The fourth-order valence-electron chi connectivity index (χ4n) is 3.40. The quantitative estimate of drug-likeness (QED) is 0.315. The van der Waals surface area contributed by atoms with Crippen molar-refractivity contribution >= 4 is 34.8 Å². The van der Waals surface area contributed by atoms with E-state index in [9.17, 15) is 14.4 Å². The van der Waals surface area contributed by atoms with Crippen molar-refractivity contribution in [1.82, 2.24) is 15.6 Å². The summed E-state index contributed by atoms with van der Waals surface area (Å²) in [7, 11) is 0. The van der Waals surface area contributed by atoms with Crippen LogP contribution in [-0.4, -0.2) is 52.6 Å². The molecule has 174 valence electrons. The lowest BCUT2D eigenvalue weighted by molar-refractivity contribution is -0.159. The number of hydrogen-bond donors (Lipinski definition) is 4. The van der Waals surface area contributed by atoms with Crippen molar-refractivity contribution in [2.75, 3.05) is 0 Å². The molecule has 2 atom stereocenters. The Morgan fingerprint density at radius 1 is 1.16 bits per heavy atom. The molecule has 1 amide bonds. The number of carbonyl (C=O) groups excluding carboxylic acids is 3. The third kappa shape index (κ3) is 7.60. The largest absolute Gasteiger partial charge is 0.458 e. The molecule has 4 N–H and O–H groups in total. The molecule has 1 aromatic carbocycles. The molecule has 32 heavy (non-hydrogen) atoms. The molecule has 0 radical (unpaired) electrons. The first kappa shape index (κ1) is 25.3. The Balaban J connectivity index is 2.21. The second-order valence-electron chi connectivity index (χ2n) is 9.18. The number of amides is 1. The molecule has 1 aromatic heterocycles. The van der Waals surface area contributed by atoms with Gasteiger partial charge in [-0.2, -0.15) is 0 Å². The molecule has 0 bridgehead atoms. The van der Waals surface area contributed by atoms with Crippen molar-refractivity contribution in [3.8, 4) is 0 Å². The molecular weight excluding hydrogens is 408 g/mol. The number of ketones is 1. The van der Waals surface area contributed by atoms with Crippen molar-refractivity contribution in [3.05, 3.63) is 36.0 Å². The lowest BCUT2D eigenvalue weighted by atomic mass is 10.0. The maximum atomic E-state index is 13.2. The van der Waals surface area contributed by atoms with E-state index >= 15 is 0 Å². The van der Waals surface area contributed by atoms with Crippen LogP contribution in [-0.2, 0) is 25.5 Å². The van der Waals surface area contributed by atoms with Crippen LogP contribution in [0.5, 0.6) is 0 Å². The van der Waals surface area contributed by atoms with E-state index in [0.29, 0.717) is 12.6 Å². The number of nitrogens with one attached hydrogen (secondary N) is 4. The van der Waals surface area contributed by atoms with Gasteiger partial charge < -0.3 is 25.8 Å². The van der Waals surface area contributed by atoms with Gasteiger partial charge in [0.05, 0.1) is 12.3 Å². The van der Waals surface area contributed by atoms with Gasteiger partial charge in [-0.15, -0.1) is 0 Å². The molecule has 1 heterocycles. The molecule has 0 aliphatic rings. The normalized spacial score (nSPS) is 13.6. The van der Waals surface area contributed by atoms with Gasteiger partial charge in [0.15, 0.2) is 5.78 Å². The molecule has 0 unspecified atom stereocenters. The summed E-state index contributed by atoms with van der Waals surface area (Å²) in [6.45, 7) is 9.12. The van der Waals surface area contributed by atoms with Crippen LogP contribution in [0.25, 0.3) is 10.9 Å². The van der Waals surface area contributed by atoms with E-state index in [-0.39, 0.29) is 24.8 Å². The smallest absolute Gasteiger partial charge is 0.329 e. The number of H-pyrrole nitrogens is 1. The predicted molar refractivity (Wildman–Crippen MR) is 125 cm³/mol. The molecular formula is C24H34N4O4. The second-order valence-corrected chi connectivity index (χ2v) is 9.18. The van der Waals surface area contributed by atoms with Crippen LogP contribution < -0.4 is 10.6 Å². The summed E-state index contributed by atoms with van der Waals surface area (Å²) in [5.41, 5.74) is 1.25. The highest BCUT2D eigenvalue weighted by atomic mass is 16.6. The van der Waals surface area contributed by atoms with Crippen molar-refractivity contribution in [2.24, 2.45) is 0 Å². The van der Waals surface area contributed by atoms with Gasteiger partial charge in [-0.1, -0.05) is 32.0 Å². The molecule has 8 nitrogen and oxygen atoms in total. The van der Waals surface area contributed by atoms with E-state index in [1.54, 1.807) is 20.8 Å². The minimum atomic E-state index is -0.981. The van der Waals surface area contributed by atoms with Gasteiger partial charge in [0.1, 0.15) is 11.6 Å². The first-order valence-corrected chi connectivity index (χ1v) is 10.9. The number of esters is 1. The number of rotatable bonds is 11. The Kier molecular flexibility index (Phi) is 8.72. The van der Waals surface area contributed by atoms with Crippen LogP contribution in [0.4, 0.5) is 0 Å². The maximum Gasteiger partial charge on any atom is 0.329 e. The minimum absolute atomic E-state index is 0.0294. The summed E-state index contributed by atoms with van der Waals surface area (Å²) >= 11 is 0. The zero-order valence-corrected chi connectivity index (χ0v) is 19.5. The van der Waals surface area contributed by atoms with E-state index < -0.39 is 29.4 Å². The van der Waals surface area contributed by atoms with Crippen LogP contribution >= 0.6 is 0 Å². The van der Waals surface area contributed by atoms with Gasteiger partial charge in [-0.25, -0.2) is 4.79 Å². The Morgan fingerprint density at radius 3 is 2.47 bits per heavy atom. The molecule has 0 saturated carbocycles. The van der Waals surface area contributed by atoms with Crippen LogP contribution in [0.1, 0.15) is 53.0 Å². The number of benzene rings is 1. The highest BCUT2D eigenvalue weighted by molar-refractivity contribution is 6.26. The summed E-state index contributed by atoms with van der Waals surface area (Å²) in [6.07, 6.45) is 3.07. The van der Waals surface area contributed by atoms with Crippen LogP contribution in [0.3, 0.4) is 0 Å². The molecule has 2 rings (SSSR count). The third-order valence-electron chi connectivity index (χ3n) is 4.80. The van der Waals surface area contributed by atoms with Gasteiger partial charge in [0.25, 0.3) is 0 Å². The molecule has 0 spiro atoms. The third-order valence-corrected chi connectivity index (χ3v) is 4.80. The van der Waals surface area contributed by atoms with Crippen molar-refractivity contribution in [2.45, 2.75) is 77.6 Å². The minimum Gasteiger partial charge on any atom is -0.458 e. The van der Waals surface area contributed by atoms with E-state index in [1.165, 1.54) is 0 Å². The Labute approximate surface area is 189 Å². The first-order chi connectivity index (χ1) is 15.0. The van der Waals surface area contributed by atoms with Crippen molar-refractivity contribution < 1.29 is 19.1 Å². The van der Waals surface area contributed by atoms with Crippen LogP contribution in [0, 0.1) is 5.41 Å². The summed E-state index contributed by atoms with van der Waals surface area (Å²) in [6, 6.07) is 6.34. The highest BCUT2D eigenvalue weighted by Gasteiger charge is 2.30. The fourth-order valence-corrected chi connectivity index (χ4v) is 3.40. The van der Waals surface area contributed by atoms with E-state index in [1.807, 2.05) is 44.3 Å². The average molecular weight is 443 g/mol. The van der Waals surface area contributed by atoms with Gasteiger partial charge in [0, 0.05) is 29.6 Å². The Hall–Kier alpha value is -3.00. The molecule has 0 saturated heterocycles. The lowest BCUT2D eigenvalue weighted by Gasteiger charge is -2.27. The summed E-state index contributed by atoms with van der Waals surface area (Å²) in [5.74, 6) is -1.36. The number of aromatic amines is 1. The van der Waals surface area contributed by atoms with Crippen LogP contribution in [0.2, 0.25) is 0 Å². The number of ether oxygens (including phenoxy) is 1. The second kappa shape index (κ2) is 11.0. The summed E-state index contributed by atoms with van der Waals surface area (Å²) < 4.78 is 5.44. The molecule has 0 aliphatic carbocycles. The topological polar surface area (TPSA) is 124 Å². The molecule has 8 heteroatoms. The van der Waals surface area contributed by atoms with E-state index in [0.717, 1.165) is 16.5 Å². The molecule has 0 fully saturated rings. The number of aromatic nitrogens is 1. The predicted octanol–water partition coefficient (Wildman–Crippen LogP) is 2.90. The number of hydrogen-bond acceptors (Lipinski definition) is 6. The Morgan fingerprint density at radius 2 is 1.84 bits per heavy atom. The first-order valence-electron chi connectivity index (χ1n) is 10.9. The zero-order chi connectivity index (χ0) is 23.9. The highest BCUT2D eigenvalue weighted by Crippen LogP contribution is 2.19. The van der Waals surface area contributed by atoms with Crippen LogP contribution in [0.15, 0.2) is 30.5 Å².